The molecule has 0 saturated heterocycles. The number of hydrogen-bond acceptors (Lipinski definition) is 0. The quantitative estimate of drug-likeness (QED) is 0.362. The summed E-state index contributed by atoms with van der Waals surface area (Å²) in [6.07, 6.45) is 8.05. The molecule has 0 aliphatic heterocycles. The SMILES string of the molecule is c1ccc2c([C]3CCCCCC3)c3ccccc3cc2c1. The summed E-state index contributed by atoms with van der Waals surface area (Å²) < 4.78 is 0. The molecule has 0 heterocycles. The highest BCUT2D eigenvalue weighted by atomic mass is 14.2. The lowest BCUT2D eigenvalue weighted by Gasteiger charge is -2.19. The Balaban J connectivity index is 2.01. The van der Waals surface area contributed by atoms with Crippen molar-refractivity contribution < 1.29 is 0 Å². The second kappa shape index (κ2) is 5.52. The molecule has 1 aliphatic carbocycles. The molecule has 0 amide bonds. The molecule has 0 nitrogen and oxygen atoms in total. The van der Waals surface area contributed by atoms with Crippen molar-refractivity contribution in [3.63, 3.8) is 0 Å². The second-order valence-corrected chi connectivity index (χ2v) is 6.21. The van der Waals surface area contributed by atoms with Gasteiger partial charge < -0.3 is 0 Å². The van der Waals surface area contributed by atoms with Gasteiger partial charge in [-0.2, -0.15) is 0 Å². The van der Waals surface area contributed by atoms with Gasteiger partial charge in [0.25, 0.3) is 0 Å². The van der Waals surface area contributed by atoms with E-state index in [1.165, 1.54) is 65.6 Å². The molecule has 4 rings (SSSR count). The molecule has 1 radical (unpaired) electrons. The summed E-state index contributed by atoms with van der Waals surface area (Å²) in [5, 5.41) is 5.63. The van der Waals surface area contributed by atoms with Crippen LogP contribution >= 0.6 is 0 Å². The van der Waals surface area contributed by atoms with Gasteiger partial charge in [-0.05, 0) is 46.0 Å². The zero-order valence-corrected chi connectivity index (χ0v) is 12.4. The molecule has 3 aromatic rings. The lowest BCUT2D eigenvalue weighted by molar-refractivity contribution is 0.702. The minimum atomic E-state index is 1.28. The van der Waals surface area contributed by atoms with Gasteiger partial charge in [0.05, 0.1) is 0 Å². The van der Waals surface area contributed by atoms with E-state index in [-0.39, 0.29) is 0 Å². The van der Waals surface area contributed by atoms with Crippen LogP contribution in [0.3, 0.4) is 0 Å². The third kappa shape index (κ3) is 2.33. The fourth-order valence-corrected chi connectivity index (χ4v) is 3.80. The van der Waals surface area contributed by atoms with Gasteiger partial charge >= 0.3 is 0 Å². The third-order valence-electron chi connectivity index (χ3n) is 4.83. The fraction of sp³-hybridized carbons (Fsp3) is 0.286. The fourth-order valence-electron chi connectivity index (χ4n) is 3.80. The molecule has 0 atom stereocenters. The Kier molecular flexibility index (Phi) is 3.39. The van der Waals surface area contributed by atoms with Crippen LogP contribution in [0.1, 0.15) is 44.1 Å². The monoisotopic (exact) mass is 273 g/mol. The van der Waals surface area contributed by atoms with E-state index in [1.807, 2.05) is 0 Å². The molecule has 0 bridgehead atoms. The zero-order valence-electron chi connectivity index (χ0n) is 12.4. The van der Waals surface area contributed by atoms with E-state index in [2.05, 4.69) is 54.6 Å². The normalized spacial score (nSPS) is 17.1. The summed E-state index contributed by atoms with van der Waals surface area (Å²) >= 11 is 0. The number of hydrogen-bond donors (Lipinski definition) is 0. The van der Waals surface area contributed by atoms with Crippen molar-refractivity contribution in [3.8, 4) is 0 Å². The summed E-state index contributed by atoms with van der Waals surface area (Å²) in [5.41, 5.74) is 1.53. The highest BCUT2D eigenvalue weighted by molar-refractivity contribution is 6.04. The second-order valence-electron chi connectivity index (χ2n) is 6.21. The van der Waals surface area contributed by atoms with E-state index in [0.717, 1.165) is 0 Å². The topological polar surface area (TPSA) is 0 Å². The van der Waals surface area contributed by atoms with Crippen LogP contribution in [0.5, 0.6) is 0 Å². The minimum Gasteiger partial charge on any atom is -0.0616 e. The summed E-state index contributed by atoms with van der Waals surface area (Å²) in [4.78, 5) is 0. The summed E-state index contributed by atoms with van der Waals surface area (Å²) in [7, 11) is 0. The molecular weight excluding hydrogens is 252 g/mol. The van der Waals surface area contributed by atoms with Crippen LogP contribution in [0.25, 0.3) is 21.5 Å². The average molecular weight is 273 g/mol. The van der Waals surface area contributed by atoms with Gasteiger partial charge in [-0.3, -0.25) is 0 Å². The Bertz CT molecular complexity index is 707. The molecule has 0 heteroatoms. The molecule has 105 valence electrons. The summed E-state index contributed by atoms with van der Waals surface area (Å²) in [6, 6.07) is 20.1. The van der Waals surface area contributed by atoms with Crippen LogP contribution < -0.4 is 0 Å². The Morgan fingerprint density at radius 2 is 1.10 bits per heavy atom. The first-order chi connectivity index (χ1) is 10.4. The number of fused-ring (bicyclic) bond motifs is 2. The van der Waals surface area contributed by atoms with E-state index in [9.17, 15) is 0 Å². The summed E-state index contributed by atoms with van der Waals surface area (Å²) in [5.74, 6) is 1.68. The van der Waals surface area contributed by atoms with Gasteiger partial charge in [0.2, 0.25) is 0 Å². The molecule has 0 N–H and O–H groups in total. The highest BCUT2D eigenvalue weighted by Crippen LogP contribution is 2.39. The number of benzene rings is 3. The van der Waals surface area contributed by atoms with Gasteiger partial charge in [0, 0.05) is 5.92 Å². The predicted molar refractivity (Wildman–Crippen MR) is 91.5 cm³/mol. The Morgan fingerprint density at radius 1 is 0.571 bits per heavy atom. The van der Waals surface area contributed by atoms with E-state index in [0.29, 0.717) is 0 Å². The first kappa shape index (κ1) is 12.9. The lowest BCUT2D eigenvalue weighted by Crippen LogP contribution is -2.01. The van der Waals surface area contributed by atoms with Crippen molar-refractivity contribution in [2.24, 2.45) is 0 Å². The van der Waals surface area contributed by atoms with Crippen LogP contribution in [-0.2, 0) is 0 Å². The molecule has 1 saturated carbocycles. The maximum atomic E-state index is 2.34. The van der Waals surface area contributed by atoms with E-state index < -0.39 is 0 Å². The van der Waals surface area contributed by atoms with Crippen molar-refractivity contribution in [2.45, 2.75) is 38.5 Å². The van der Waals surface area contributed by atoms with Crippen LogP contribution in [-0.4, -0.2) is 0 Å². The standard InChI is InChI=1S/C21H21/c1-2-4-10-16(9-3-1)21-19-13-7-5-11-17(19)15-18-12-6-8-14-20(18)21/h5-8,11-15H,1-4,9-10H2. The van der Waals surface area contributed by atoms with Gasteiger partial charge in [-0.1, -0.05) is 74.2 Å². The van der Waals surface area contributed by atoms with Crippen molar-refractivity contribution in [3.05, 3.63) is 66.1 Å². The van der Waals surface area contributed by atoms with Crippen LogP contribution in [0.4, 0.5) is 0 Å². The van der Waals surface area contributed by atoms with Gasteiger partial charge in [-0.15, -0.1) is 0 Å². The predicted octanol–water partition coefficient (Wildman–Crippen LogP) is 6.27. The maximum absolute atomic E-state index is 2.34. The zero-order chi connectivity index (χ0) is 14.1. The Morgan fingerprint density at radius 3 is 1.67 bits per heavy atom. The van der Waals surface area contributed by atoms with E-state index >= 15 is 0 Å². The van der Waals surface area contributed by atoms with Crippen molar-refractivity contribution >= 4 is 21.5 Å². The van der Waals surface area contributed by atoms with Crippen LogP contribution in [0.15, 0.2) is 54.6 Å². The molecule has 1 fully saturated rings. The lowest BCUT2D eigenvalue weighted by atomic mass is 9.84. The van der Waals surface area contributed by atoms with Gasteiger partial charge in [-0.25, -0.2) is 0 Å². The van der Waals surface area contributed by atoms with Gasteiger partial charge in [0.15, 0.2) is 0 Å². The van der Waals surface area contributed by atoms with Crippen LogP contribution in [0, 0.1) is 5.92 Å². The van der Waals surface area contributed by atoms with Crippen molar-refractivity contribution in [1.29, 1.82) is 0 Å². The molecule has 21 heavy (non-hydrogen) atoms. The van der Waals surface area contributed by atoms with Crippen LogP contribution in [0.2, 0.25) is 0 Å². The molecule has 0 spiro atoms. The third-order valence-corrected chi connectivity index (χ3v) is 4.83. The average Bonchev–Trinajstić information content (AvgIpc) is 2.81. The first-order valence-corrected chi connectivity index (χ1v) is 8.19. The smallest absolute Gasteiger partial charge is 0.00625 e. The summed E-state index contributed by atoms with van der Waals surface area (Å²) in [6.45, 7) is 0. The van der Waals surface area contributed by atoms with E-state index in [1.54, 1.807) is 5.92 Å². The molecule has 0 unspecified atom stereocenters. The van der Waals surface area contributed by atoms with Crippen molar-refractivity contribution in [1.82, 2.24) is 0 Å². The largest absolute Gasteiger partial charge is 0.0616 e. The highest BCUT2D eigenvalue weighted by Gasteiger charge is 2.19. The number of rotatable bonds is 1. The Hall–Kier alpha value is -1.82. The molecule has 1 aliphatic rings. The van der Waals surface area contributed by atoms with E-state index in [4.69, 9.17) is 0 Å². The van der Waals surface area contributed by atoms with Crippen molar-refractivity contribution in [2.75, 3.05) is 0 Å². The molecule has 0 aromatic heterocycles. The first-order valence-electron chi connectivity index (χ1n) is 8.19. The molecule has 3 aromatic carbocycles. The molecular formula is C21H21. The Labute approximate surface area is 126 Å². The van der Waals surface area contributed by atoms with Gasteiger partial charge in [0.1, 0.15) is 0 Å². The maximum Gasteiger partial charge on any atom is 0.00625 e. The minimum absolute atomic E-state index is 1.28.